The summed E-state index contributed by atoms with van der Waals surface area (Å²) >= 11 is 0. The summed E-state index contributed by atoms with van der Waals surface area (Å²) in [5.41, 5.74) is 12.5. The molecule has 2 rings (SSSR count). The first-order valence-corrected chi connectivity index (χ1v) is 25.7. The zero-order valence-corrected chi connectivity index (χ0v) is 45.3. The summed E-state index contributed by atoms with van der Waals surface area (Å²) in [5.74, 6) is -13.5. The molecule has 2 aromatic rings. The average molecular weight is 1120 g/mol. The summed E-state index contributed by atoms with van der Waals surface area (Å²) in [6.07, 6.45) is -3.77. The highest BCUT2D eigenvalue weighted by Gasteiger charge is 2.37. The molecule has 11 atom stereocenters. The number of benzene rings is 2. The second-order valence-corrected chi connectivity index (χ2v) is 20.2. The number of carboxylic acid groups (broad SMARTS) is 2. The Kier molecular flexibility index (Phi) is 27.8. The second kappa shape index (κ2) is 32.7. The molecule has 0 unspecified atom stereocenters. The largest absolute Gasteiger partial charge is 0.508 e. The molecule has 0 aliphatic heterocycles. The van der Waals surface area contributed by atoms with Gasteiger partial charge in [-0.25, -0.2) is 4.79 Å². The van der Waals surface area contributed by atoms with Crippen LogP contribution in [-0.4, -0.2) is 163 Å². The number of phenols is 2. The van der Waals surface area contributed by atoms with Crippen molar-refractivity contribution in [3.05, 3.63) is 59.7 Å². The van der Waals surface area contributed by atoms with E-state index < -0.39 is 157 Å². The number of primary amides is 1. The molecule has 79 heavy (non-hydrogen) atoms. The molecule has 27 nitrogen and oxygen atoms in total. The van der Waals surface area contributed by atoms with Crippen LogP contribution in [0.1, 0.15) is 98.1 Å². The molecule has 0 spiro atoms. The van der Waals surface area contributed by atoms with E-state index in [-0.39, 0.29) is 49.0 Å². The van der Waals surface area contributed by atoms with Crippen molar-refractivity contribution in [1.29, 1.82) is 0 Å². The standard InChI is InChI=1S/C52H78N10O17/c1-8-27(6)42(61-44(70)33(53)21-29-9-13-31(65)14-10-29)51(77)59-36(20-26(4)5)46(72)56-35(19-25(2)3)47(73)60-39(24-63)50(76)55-34(17-18-40(54)67)45(71)58-38(23-41(68)69)48(74)57-37(22-30-11-15-32(66)16-12-30)49(75)62-43(28(7)64)52(78)79/h9-16,25-28,33-39,42-43,63-66H,8,17-24,53H2,1-7H3,(H2,54,67)(H,55,76)(H,56,72)(H,57,74)(H,58,71)(H,59,77)(H,60,73)(H,61,70)(H,62,75)(H,68,69)(H,78,79)/t27-,28+,33-,34-,35-,36-,37-,38-,39-,42-,43-/m0/s1. The molecule has 18 N–H and O–H groups in total. The van der Waals surface area contributed by atoms with Crippen LogP contribution in [0.4, 0.5) is 0 Å². The van der Waals surface area contributed by atoms with Crippen molar-refractivity contribution in [3.8, 4) is 11.5 Å². The number of nitrogens with one attached hydrogen (secondary N) is 8. The normalized spacial score (nSPS) is 15.4. The number of carbonyl (C=O) groups is 11. The summed E-state index contributed by atoms with van der Waals surface area (Å²) in [4.78, 5) is 146. The number of hydrogen-bond donors (Lipinski definition) is 16. The quantitative estimate of drug-likeness (QED) is 0.0342. The molecule has 0 aliphatic carbocycles. The molecule has 9 amide bonds. The average Bonchev–Trinajstić information content (AvgIpc) is 3.36. The molecule has 2 aromatic carbocycles. The number of amides is 9. The number of aliphatic carboxylic acids is 2. The molecule has 438 valence electrons. The fourth-order valence-corrected chi connectivity index (χ4v) is 7.82. The summed E-state index contributed by atoms with van der Waals surface area (Å²) in [6.45, 7) is 10.5. The molecular weight excluding hydrogens is 1040 g/mol. The van der Waals surface area contributed by atoms with Crippen LogP contribution in [0.25, 0.3) is 0 Å². The highest BCUT2D eigenvalue weighted by molar-refractivity contribution is 5.99. The van der Waals surface area contributed by atoms with E-state index in [2.05, 4.69) is 42.5 Å². The molecule has 0 saturated carbocycles. The third-order valence-corrected chi connectivity index (χ3v) is 12.4. The lowest BCUT2D eigenvalue weighted by molar-refractivity contribution is -0.145. The van der Waals surface area contributed by atoms with Crippen molar-refractivity contribution >= 4 is 65.1 Å². The van der Waals surface area contributed by atoms with Gasteiger partial charge in [0.2, 0.25) is 53.2 Å². The van der Waals surface area contributed by atoms with E-state index in [1.165, 1.54) is 36.4 Å². The Balaban J connectivity index is 2.37. The van der Waals surface area contributed by atoms with Gasteiger partial charge in [0.15, 0.2) is 6.04 Å². The predicted molar refractivity (Wildman–Crippen MR) is 282 cm³/mol. The van der Waals surface area contributed by atoms with Gasteiger partial charge in [0.1, 0.15) is 53.8 Å². The van der Waals surface area contributed by atoms with Gasteiger partial charge in [-0.1, -0.05) is 72.2 Å². The van der Waals surface area contributed by atoms with E-state index in [0.717, 1.165) is 6.92 Å². The number of aromatic hydroxyl groups is 2. The van der Waals surface area contributed by atoms with Crippen LogP contribution in [0.3, 0.4) is 0 Å². The van der Waals surface area contributed by atoms with Crippen molar-refractivity contribution < 1.29 is 83.4 Å². The lowest BCUT2D eigenvalue weighted by Crippen LogP contribution is -2.61. The van der Waals surface area contributed by atoms with Crippen LogP contribution in [-0.2, 0) is 65.6 Å². The molecule has 0 radical (unpaired) electrons. The Morgan fingerprint density at radius 2 is 0.899 bits per heavy atom. The first-order valence-electron chi connectivity index (χ1n) is 25.7. The Hall–Kier alpha value is -7.91. The third-order valence-electron chi connectivity index (χ3n) is 12.4. The summed E-state index contributed by atoms with van der Waals surface area (Å²) in [7, 11) is 0. The Labute approximate surface area is 457 Å². The predicted octanol–water partition coefficient (Wildman–Crippen LogP) is -2.58. The minimum Gasteiger partial charge on any atom is -0.508 e. The van der Waals surface area contributed by atoms with Crippen LogP contribution in [0, 0.1) is 17.8 Å². The maximum atomic E-state index is 14.1. The van der Waals surface area contributed by atoms with E-state index in [4.69, 9.17) is 11.5 Å². The fourth-order valence-electron chi connectivity index (χ4n) is 7.82. The Bertz CT molecular complexity index is 2420. The zero-order chi connectivity index (χ0) is 59.8. The molecule has 0 bridgehead atoms. The Morgan fingerprint density at radius 3 is 1.34 bits per heavy atom. The number of rotatable bonds is 34. The maximum absolute atomic E-state index is 14.1. The molecule has 0 saturated heterocycles. The van der Waals surface area contributed by atoms with Crippen LogP contribution >= 0.6 is 0 Å². The lowest BCUT2D eigenvalue weighted by Gasteiger charge is -2.29. The van der Waals surface area contributed by atoms with Crippen molar-refractivity contribution in [2.24, 2.45) is 29.2 Å². The highest BCUT2D eigenvalue weighted by Crippen LogP contribution is 2.16. The molecular formula is C52H78N10O17. The van der Waals surface area contributed by atoms with Gasteiger partial charge in [0.25, 0.3) is 0 Å². The summed E-state index contributed by atoms with van der Waals surface area (Å²) < 4.78 is 0. The van der Waals surface area contributed by atoms with E-state index >= 15 is 0 Å². The van der Waals surface area contributed by atoms with Crippen LogP contribution < -0.4 is 54.0 Å². The fraction of sp³-hybridized carbons (Fsp3) is 0.558. The van der Waals surface area contributed by atoms with Crippen molar-refractivity contribution in [3.63, 3.8) is 0 Å². The topological polar surface area (TPSA) is 457 Å². The minimum atomic E-state index is -2.03. The van der Waals surface area contributed by atoms with Gasteiger partial charge in [-0.05, 0) is 85.8 Å². The van der Waals surface area contributed by atoms with Gasteiger partial charge in [-0.15, -0.1) is 0 Å². The van der Waals surface area contributed by atoms with Gasteiger partial charge < -0.3 is 84.6 Å². The van der Waals surface area contributed by atoms with Crippen molar-refractivity contribution in [1.82, 2.24) is 42.5 Å². The van der Waals surface area contributed by atoms with Gasteiger partial charge in [-0.2, -0.15) is 0 Å². The van der Waals surface area contributed by atoms with E-state index in [9.17, 15) is 83.4 Å². The number of carbonyl (C=O) groups excluding carboxylic acids is 9. The number of hydrogen-bond acceptors (Lipinski definition) is 16. The lowest BCUT2D eigenvalue weighted by atomic mass is 9.95. The highest BCUT2D eigenvalue weighted by atomic mass is 16.4. The van der Waals surface area contributed by atoms with Gasteiger partial charge >= 0.3 is 11.9 Å². The molecule has 0 heterocycles. The summed E-state index contributed by atoms with van der Waals surface area (Å²) in [6, 6.07) is -2.88. The molecule has 27 heteroatoms. The van der Waals surface area contributed by atoms with Crippen LogP contribution in [0.2, 0.25) is 0 Å². The van der Waals surface area contributed by atoms with E-state index in [0.29, 0.717) is 17.5 Å². The van der Waals surface area contributed by atoms with E-state index in [1.807, 2.05) is 0 Å². The molecule has 0 aromatic heterocycles. The zero-order valence-electron chi connectivity index (χ0n) is 45.3. The van der Waals surface area contributed by atoms with E-state index in [1.54, 1.807) is 53.7 Å². The molecule has 0 aliphatic rings. The van der Waals surface area contributed by atoms with Gasteiger partial charge in [0.05, 0.1) is 25.2 Å². The maximum Gasteiger partial charge on any atom is 0.328 e. The number of aliphatic hydroxyl groups excluding tert-OH is 2. The van der Waals surface area contributed by atoms with Crippen LogP contribution in [0.15, 0.2) is 48.5 Å². The van der Waals surface area contributed by atoms with Crippen LogP contribution in [0.5, 0.6) is 11.5 Å². The third kappa shape index (κ3) is 23.7. The Morgan fingerprint density at radius 1 is 0.506 bits per heavy atom. The van der Waals surface area contributed by atoms with Crippen molar-refractivity contribution in [2.45, 2.75) is 160 Å². The van der Waals surface area contributed by atoms with Crippen molar-refractivity contribution in [2.75, 3.05) is 6.61 Å². The van der Waals surface area contributed by atoms with Gasteiger partial charge in [0, 0.05) is 12.8 Å². The number of carboxylic acids is 2. The first kappa shape index (κ1) is 67.2. The second-order valence-electron chi connectivity index (χ2n) is 20.2. The first-order chi connectivity index (χ1) is 37.0. The number of aliphatic hydroxyl groups is 2. The minimum absolute atomic E-state index is 0.0236. The smallest absolute Gasteiger partial charge is 0.328 e. The monoisotopic (exact) mass is 1110 g/mol. The van der Waals surface area contributed by atoms with Gasteiger partial charge in [-0.3, -0.25) is 47.9 Å². The SMILES string of the molecule is CC[C@H](C)[C@H](NC(=O)[C@@H](N)Cc1ccc(O)cc1)C(=O)N[C@@H](CC(C)C)C(=O)N[C@@H](CC(C)C)C(=O)N[C@@H](CO)C(=O)N[C@@H](CCC(N)=O)C(=O)N[C@@H](CC(=O)O)C(=O)N[C@@H](Cc1ccc(O)cc1)C(=O)N[C@H](C(=O)O)[C@@H](C)O. The number of nitrogens with two attached hydrogens (primary N) is 2. The number of phenolic OH excluding ortho intramolecular Hbond substituents is 2. The summed E-state index contributed by atoms with van der Waals surface area (Å²) in [5, 5.41) is 78.1. The molecule has 0 fully saturated rings.